The molecule has 0 unspecified atom stereocenters. The van der Waals surface area contributed by atoms with Crippen LogP contribution >= 0.6 is 11.6 Å². The Hall–Kier alpha value is -1.68. The van der Waals surface area contributed by atoms with Crippen molar-refractivity contribution in [3.63, 3.8) is 0 Å². The van der Waals surface area contributed by atoms with Crippen molar-refractivity contribution >= 4 is 17.4 Å². The Morgan fingerprint density at radius 2 is 2.05 bits per heavy atom. The Bertz CT molecular complexity index is 587. The van der Waals surface area contributed by atoms with Crippen LogP contribution in [-0.4, -0.2) is 16.5 Å². The average Bonchev–Trinajstić information content (AvgIpc) is 2.35. The summed E-state index contributed by atoms with van der Waals surface area (Å²) < 4.78 is 13.9. The molecule has 0 aliphatic heterocycles. The van der Waals surface area contributed by atoms with E-state index in [0.29, 0.717) is 27.9 Å². The first-order valence-electron chi connectivity index (χ1n) is 6.15. The molecular weight excluding hydrogens is 265 g/mol. The van der Waals surface area contributed by atoms with Crippen molar-refractivity contribution in [2.75, 3.05) is 11.9 Å². The van der Waals surface area contributed by atoms with E-state index in [4.69, 9.17) is 11.6 Å². The van der Waals surface area contributed by atoms with Crippen LogP contribution in [0.25, 0.3) is 11.3 Å². The van der Waals surface area contributed by atoms with Gasteiger partial charge in [0, 0.05) is 23.2 Å². The van der Waals surface area contributed by atoms with Crippen LogP contribution in [-0.2, 0) is 0 Å². The summed E-state index contributed by atoms with van der Waals surface area (Å²) in [6.07, 6.45) is 0.994. The third kappa shape index (κ3) is 3.41. The van der Waals surface area contributed by atoms with Gasteiger partial charge in [-0.3, -0.25) is 0 Å². The zero-order valence-electron chi connectivity index (χ0n) is 10.9. The van der Waals surface area contributed by atoms with Crippen molar-refractivity contribution in [3.05, 3.63) is 40.9 Å². The SMILES string of the molecule is CCCNc1cc(-c2ccc(Cl)cc2F)nc(C)n1. The highest BCUT2D eigenvalue weighted by atomic mass is 35.5. The van der Waals surface area contributed by atoms with Crippen LogP contribution in [0, 0.1) is 12.7 Å². The third-order valence-corrected chi connectivity index (χ3v) is 2.84. The summed E-state index contributed by atoms with van der Waals surface area (Å²) in [5, 5.41) is 3.55. The highest BCUT2D eigenvalue weighted by molar-refractivity contribution is 6.30. The van der Waals surface area contributed by atoms with Crippen molar-refractivity contribution in [3.8, 4) is 11.3 Å². The van der Waals surface area contributed by atoms with Gasteiger partial charge in [0.1, 0.15) is 17.5 Å². The third-order valence-electron chi connectivity index (χ3n) is 2.60. The number of aromatic nitrogens is 2. The molecule has 2 aromatic rings. The number of benzene rings is 1. The van der Waals surface area contributed by atoms with E-state index in [1.165, 1.54) is 6.07 Å². The van der Waals surface area contributed by atoms with Crippen LogP contribution in [0.1, 0.15) is 19.2 Å². The molecule has 1 heterocycles. The smallest absolute Gasteiger partial charge is 0.134 e. The number of nitrogens with one attached hydrogen (secondary N) is 1. The molecule has 3 nitrogen and oxygen atoms in total. The molecule has 100 valence electrons. The molecule has 0 amide bonds. The number of anilines is 1. The maximum atomic E-state index is 13.9. The topological polar surface area (TPSA) is 37.8 Å². The molecular formula is C14H15ClFN3. The lowest BCUT2D eigenvalue weighted by atomic mass is 10.1. The van der Waals surface area contributed by atoms with Gasteiger partial charge in [-0.25, -0.2) is 14.4 Å². The van der Waals surface area contributed by atoms with E-state index in [0.717, 1.165) is 13.0 Å². The zero-order valence-corrected chi connectivity index (χ0v) is 11.6. The van der Waals surface area contributed by atoms with Crippen LogP contribution < -0.4 is 5.32 Å². The predicted molar refractivity (Wildman–Crippen MR) is 76.0 cm³/mol. The fourth-order valence-electron chi connectivity index (χ4n) is 1.75. The van der Waals surface area contributed by atoms with E-state index in [1.807, 2.05) is 0 Å². The largest absolute Gasteiger partial charge is 0.370 e. The normalized spacial score (nSPS) is 10.5. The van der Waals surface area contributed by atoms with Crippen molar-refractivity contribution in [1.82, 2.24) is 9.97 Å². The standard InChI is InChI=1S/C14H15ClFN3/c1-3-6-17-14-8-13(18-9(2)19-14)11-5-4-10(15)7-12(11)16/h4-5,7-8H,3,6H2,1-2H3,(H,17,18,19). The summed E-state index contributed by atoms with van der Waals surface area (Å²) in [6, 6.07) is 6.31. The Morgan fingerprint density at radius 3 is 2.74 bits per heavy atom. The summed E-state index contributed by atoms with van der Waals surface area (Å²) in [7, 11) is 0. The van der Waals surface area contributed by atoms with Gasteiger partial charge in [-0.15, -0.1) is 0 Å². The van der Waals surface area contributed by atoms with Gasteiger partial charge in [0.15, 0.2) is 0 Å². The fraction of sp³-hybridized carbons (Fsp3) is 0.286. The second kappa shape index (κ2) is 5.97. The lowest BCUT2D eigenvalue weighted by Gasteiger charge is -2.08. The Labute approximate surface area is 116 Å². The van der Waals surface area contributed by atoms with Crippen molar-refractivity contribution in [1.29, 1.82) is 0 Å². The van der Waals surface area contributed by atoms with E-state index in [-0.39, 0.29) is 5.82 Å². The molecule has 0 atom stereocenters. The van der Waals surface area contributed by atoms with Crippen LogP contribution in [0.4, 0.5) is 10.2 Å². The van der Waals surface area contributed by atoms with Gasteiger partial charge in [-0.05, 0) is 31.5 Å². The van der Waals surface area contributed by atoms with E-state index < -0.39 is 0 Å². The lowest BCUT2D eigenvalue weighted by Crippen LogP contribution is -2.04. The molecule has 0 saturated heterocycles. The molecule has 1 aromatic carbocycles. The first-order valence-corrected chi connectivity index (χ1v) is 6.53. The van der Waals surface area contributed by atoms with Gasteiger partial charge in [0.2, 0.25) is 0 Å². The molecule has 5 heteroatoms. The molecule has 0 spiro atoms. The molecule has 19 heavy (non-hydrogen) atoms. The zero-order chi connectivity index (χ0) is 13.8. The second-order valence-corrected chi connectivity index (χ2v) is 4.67. The first-order chi connectivity index (χ1) is 9.10. The summed E-state index contributed by atoms with van der Waals surface area (Å²) in [5.74, 6) is 0.927. The highest BCUT2D eigenvalue weighted by Gasteiger charge is 2.09. The minimum absolute atomic E-state index is 0.372. The van der Waals surface area contributed by atoms with E-state index in [9.17, 15) is 4.39 Å². The number of hydrogen-bond donors (Lipinski definition) is 1. The molecule has 1 aromatic heterocycles. The Morgan fingerprint density at radius 1 is 1.26 bits per heavy atom. The molecule has 0 saturated carbocycles. The van der Waals surface area contributed by atoms with E-state index >= 15 is 0 Å². The molecule has 0 radical (unpaired) electrons. The molecule has 2 rings (SSSR count). The van der Waals surface area contributed by atoms with Crippen LogP contribution in [0.3, 0.4) is 0 Å². The second-order valence-electron chi connectivity index (χ2n) is 4.24. The van der Waals surface area contributed by atoms with Gasteiger partial charge in [0.05, 0.1) is 5.69 Å². The molecule has 0 bridgehead atoms. The minimum Gasteiger partial charge on any atom is -0.370 e. The fourth-order valence-corrected chi connectivity index (χ4v) is 1.91. The minimum atomic E-state index is -0.382. The summed E-state index contributed by atoms with van der Waals surface area (Å²) in [6.45, 7) is 4.67. The van der Waals surface area contributed by atoms with Gasteiger partial charge >= 0.3 is 0 Å². The number of halogens is 2. The molecule has 0 aliphatic rings. The quantitative estimate of drug-likeness (QED) is 0.917. The van der Waals surface area contributed by atoms with Gasteiger partial charge < -0.3 is 5.32 Å². The first kappa shape index (κ1) is 13.7. The summed E-state index contributed by atoms with van der Waals surface area (Å²) >= 11 is 5.75. The van der Waals surface area contributed by atoms with E-state index in [2.05, 4.69) is 22.2 Å². The van der Waals surface area contributed by atoms with Gasteiger partial charge in [-0.1, -0.05) is 18.5 Å². The van der Waals surface area contributed by atoms with Crippen LogP contribution in [0.5, 0.6) is 0 Å². The van der Waals surface area contributed by atoms with Crippen molar-refractivity contribution in [2.45, 2.75) is 20.3 Å². The number of aryl methyl sites for hydroxylation is 1. The predicted octanol–water partition coefficient (Wildman–Crippen LogP) is 4.07. The van der Waals surface area contributed by atoms with E-state index in [1.54, 1.807) is 25.1 Å². The highest BCUT2D eigenvalue weighted by Crippen LogP contribution is 2.25. The maximum Gasteiger partial charge on any atom is 0.134 e. The van der Waals surface area contributed by atoms with Gasteiger partial charge in [-0.2, -0.15) is 0 Å². The lowest BCUT2D eigenvalue weighted by molar-refractivity contribution is 0.630. The number of hydrogen-bond acceptors (Lipinski definition) is 3. The number of nitrogens with zero attached hydrogens (tertiary/aromatic N) is 2. The van der Waals surface area contributed by atoms with Crippen molar-refractivity contribution in [2.24, 2.45) is 0 Å². The average molecular weight is 280 g/mol. The summed E-state index contributed by atoms with van der Waals surface area (Å²) in [4.78, 5) is 8.54. The van der Waals surface area contributed by atoms with Gasteiger partial charge in [0.25, 0.3) is 0 Å². The van der Waals surface area contributed by atoms with Crippen LogP contribution in [0.2, 0.25) is 5.02 Å². The van der Waals surface area contributed by atoms with Crippen molar-refractivity contribution < 1.29 is 4.39 Å². The monoisotopic (exact) mass is 279 g/mol. The molecule has 0 fully saturated rings. The van der Waals surface area contributed by atoms with Crippen LogP contribution in [0.15, 0.2) is 24.3 Å². The molecule has 1 N–H and O–H groups in total. The number of rotatable bonds is 4. The Kier molecular flexibility index (Phi) is 4.32. The maximum absolute atomic E-state index is 13.9. The summed E-state index contributed by atoms with van der Waals surface area (Å²) in [5.41, 5.74) is 0.981. The Balaban J connectivity index is 2.41. The molecule has 0 aliphatic carbocycles.